The van der Waals surface area contributed by atoms with Gasteiger partial charge in [-0.3, -0.25) is 9.59 Å². The summed E-state index contributed by atoms with van der Waals surface area (Å²) in [4.78, 5) is 34.8. The Morgan fingerprint density at radius 2 is 2.04 bits per heavy atom. The number of fused-ring (bicyclic) bond motifs is 3. The molecule has 0 radical (unpaired) electrons. The van der Waals surface area contributed by atoms with Crippen molar-refractivity contribution in [2.24, 2.45) is 0 Å². The summed E-state index contributed by atoms with van der Waals surface area (Å²) in [6, 6.07) is 0. The number of nitrogens with one attached hydrogen (secondary N) is 2. The summed E-state index contributed by atoms with van der Waals surface area (Å²) in [5.74, 6) is -0.0679. The fraction of sp³-hybridized carbons (Fsp3) is 0.529. The van der Waals surface area contributed by atoms with Gasteiger partial charge in [0.2, 0.25) is 11.8 Å². The molecule has 2 aromatic rings. The summed E-state index contributed by atoms with van der Waals surface area (Å²) < 4.78 is 0. The largest absolute Gasteiger partial charge is 0.355 e. The van der Waals surface area contributed by atoms with Crippen molar-refractivity contribution in [2.45, 2.75) is 44.1 Å². The molecule has 0 saturated carbocycles. The van der Waals surface area contributed by atoms with Crippen molar-refractivity contribution in [3.8, 4) is 0 Å². The third kappa shape index (κ3) is 4.49. The minimum Gasteiger partial charge on any atom is -0.355 e. The number of hydrogen-bond donors (Lipinski definition) is 2. The molecule has 0 unspecified atom stereocenters. The lowest BCUT2D eigenvalue weighted by Crippen LogP contribution is -2.37. The number of carbonyl (C=O) groups is 2. The predicted molar refractivity (Wildman–Crippen MR) is 101 cm³/mol. The molecular weight excluding hydrogens is 356 g/mol. The van der Waals surface area contributed by atoms with Crippen LogP contribution in [0.1, 0.15) is 36.6 Å². The highest BCUT2D eigenvalue weighted by Crippen LogP contribution is 2.39. The van der Waals surface area contributed by atoms with Gasteiger partial charge in [0.25, 0.3) is 0 Å². The van der Waals surface area contributed by atoms with Gasteiger partial charge in [-0.2, -0.15) is 0 Å². The second kappa shape index (κ2) is 8.62. The highest BCUT2D eigenvalue weighted by molar-refractivity contribution is 8.00. The minimum atomic E-state index is -0.160. The summed E-state index contributed by atoms with van der Waals surface area (Å²) in [5, 5.41) is 7.39. The normalized spacial score (nSPS) is 13.5. The zero-order valence-corrected chi connectivity index (χ0v) is 15.9. The Hall–Kier alpha value is -1.67. The smallest absolute Gasteiger partial charge is 0.239 e. The molecule has 2 N–H and O–H groups in total. The lowest BCUT2D eigenvalue weighted by molar-refractivity contribution is -0.124. The van der Waals surface area contributed by atoms with E-state index >= 15 is 0 Å². The standard InChI is InChI=1S/C17H22N4O2S2/c1-2-7-18-13(22)8-19-14(23)9-24-16-15-11-5-3-4-6-12(11)25-17(15)21-10-20-16/h10H,2-9H2,1H3,(H,18,22)(H,19,23). The quantitative estimate of drug-likeness (QED) is 0.570. The Morgan fingerprint density at radius 3 is 2.88 bits per heavy atom. The monoisotopic (exact) mass is 378 g/mol. The first-order valence-corrected chi connectivity index (χ1v) is 10.4. The number of hydrogen-bond acceptors (Lipinski definition) is 6. The van der Waals surface area contributed by atoms with E-state index < -0.39 is 0 Å². The van der Waals surface area contributed by atoms with E-state index in [0.29, 0.717) is 6.54 Å². The first-order valence-electron chi connectivity index (χ1n) is 8.60. The molecule has 0 aliphatic heterocycles. The van der Waals surface area contributed by atoms with Gasteiger partial charge in [-0.1, -0.05) is 18.7 Å². The number of aromatic nitrogens is 2. The molecule has 2 aromatic heterocycles. The fourth-order valence-corrected chi connectivity index (χ4v) is 5.01. The van der Waals surface area contributed by atoms with Crippen molar-refractivity contribution in [1.29, 1.82) is 0 Å². The molecule has 8 heteroatoms. The van der Waals surface area contributed by atoms with E-state index in [2.05, 4.69) is 20.6 Å². The zero-order chi connectivity index (χ0) is 17.6. The number of rotatable bonds is 7. The minimum absolute atomic E-state index is 0.0203. The molecule has 2 heterocycles. The van der Waals surface area contributed by atoms with E-state index in [0.717, 1.165) is 34.5 Å². The van der Waals surface area contributed by atoms with Crippen LogP contribution in [0.25, 0.3) is 10.2 Å². The molecule has 134 valence electrons. The predicted octanol–water partition coefficient (Wildman–Crippen LogP) is 2.30. The van der Waals surface area contributed by atoms with Gasteiger partial charge in [-0.15, -0.1) is 11.3 Å². The summed E-state index contributed by atoms with van der Waals surface area (Å²) >= 11 is 3.17. The first kappa shape index (κ1) is 18.1. The Labute approximate surface area is 155 Å². The van der Waals surface area contributed by atoms with Gasteiger partial charge in [-0.25, -0.2) is 9.97 Å². The number of amides is 2. The third-order valence-electron chi connectivity index (χ3n) is 4.07. The number of thiophene rings is 1. The maximum absolute atomic E-state index is 12.0. The molecule has 25 heavy (non-hydrogen) atoms. The zero-order valence-electron chi connectivity index (χ0n) is 14.3. The maximum atomic E-state index is 12.0. The van der Waals surface area contributed by atoms with Crippen LogP contribution in [-0.4, -0.2) is 40.6 Å². The van der Waals surface area contributed by atoms with Crippen LogP contribution in [0.15, 0.2) is 11.4 Å². The van der Waals surface area contributed by atoms with Crippen LogP contribution in [-0.2, 0) is 22.4 Å². The topological polar surface area (TPSA) is 84.0 Å². The molecule has 3 rings (SSSR count). The Balaban J connectivity index is 1.60. The van der Waals surface area contributed by atoms with E-state index in [9.17, 15) is 9.59 Å². The molecule has 0 atom stereocenters. The van der Waals surface area contributed by atoms with Crippen molar-refractivity contribution in [3.05, 3.63) is 16.8 Å². The van der Waals surface area contributed by atoms with Gasteiger partial charge in [0.15, 0.2) is 0 Å². The average Bonchev–Trinajstić information content (AvgIpc) is 3.02. The van der Waals surface area contributed by atoms with Crippen LogP contribution < -0.4 is 10.6 Å². The van der Waals surface area contributed by atoms with E-state index in [4.69, 9.17) is 0 Å². The summed E-state index contributed by atoms with van der Waals surface area (Å²) in [7, 11) is 0. The van der Waals surface area contributed by atoms with Crippen molar-refractivity contribution < 1.29 is 9.59 Å². The van der Waals surface area contributed by atoms with Crippen LogP contribution in [0, 0.1) is 0 Å². The van der Waals surface area contributed by atoms with Gasteiger partial charge < -0.3 is 10.6 Å². The summed E-state index contributed by atoms with van der Waals surface area (Å²) in [5.41, 5.74) is 1.37. The highest BCUT2D eigenvalue weighted by atomic mass is 32.2. The van der Waals surface area contributed by atoms with Crippen LogP contribution in [0.3, 0.4) is 0 Å². The first-order chi connectivity index (χ1) is 12.2. The third-order valence-corrected chi connectivity index (χ3v) is 6.26. The van der Waals surface area contributed by atoms with Crippen molar-refractivity contribution in [1.82, 2.24) is 20.6 Å². The maximum Gasteiger partial charge on any atom is 0.239 e. The van der Waals surface area contributed by atoms with Gasteiger partial charge in [0.05, 0.1) is 12.3 Å². The average molecular weight is 379 g/mol. The van der Waals surface area contributed by atoms with Crippen LogP contribution in [0.2, 0.25) is 0 Å². The molecule has 0 spiro atoms. The molecule has 6 nitrogen and oxygen atoms in total. The molecular formula is C17H22N4O2S2. The molecule has 1 aliphatic carbocycles. The summed E-state index contributed by atoms with van der Waals surface area (Å²) in [6.45, 7) is 2.64. The summed E-state index contributed by atoms with van der Waals surface area (Å²) in [6.07, 6.45) is 7.07. The molecule has 2 amide bonds. The molecule has 1 aliphatic rings. The van der Waals surface area contributed by atoms with Crippen molar-refractivity contribution >= 4 is 45.1 Å². The number of nitrogens with zero attached hydrogens (tertiary/aromatic N) is 2. The number of aryl methyl sites for hydroxylation is 2. The van der Waals surface area contributed by atoms with E-state index in [1.54, 1.807) is 17.7 Å². The fourth-order valence-electron chi connectivity index (χ4n) is 2.86. The Bertz CT molecular complexity index is 775. The van der Waals surface area contributed by atoms with E-state index in [1.807, 2.05) is 6.92 Å². The van der Waals surface area contributed by atoms with Gasteiger partial charge >= 0.3 is 0 Å². The molecule has 0 fully saturated rings. The van der Waals surface area contributed by atoms with Crippen LogP contribution in [0.5, 0.6) is 0 Å². The van der Waals surface area contributed by atoms with Gasteiger partial charge in [0, 0.05) is 16.8 Å². The molecule has 0 saturated heterocycles. The van der Waals surface area contributed by atoms with E-state index in [-0.39, 0.29) is 24.1 Å². The lowest BCUT2D eigenvalue weighted by atomic mass is 9.97. The van der Waals surface area contributed by atoms with Crippen molar-refractivity contribution in [2.75, 3.05) is 18.8 Å². The van der Waals surface area contributed by atoms with Crippen molar-refractivity contribution in [3.63, 3.8) is 0 Å². The number of thioether (sulfide) groups is 1. The van der Waals surface area contributed by atoms with Crippen LogP contribution >= 0.6 is 23.1 Å². The van der Waals surface area contributed by atoms with Gasteiger partial charge in [0.1, 0.15) is 16.2 Å². The highest BCUT2D eigenvalue weighted by Gasteiger charge is 2.20. The van der Waals surface area contributed by atoms with Gasteiger partial charge in [-0.05, 0) is 37.7 Å². The second-order valence-electron chi connectivity index (χ2n) is 5.99. The Morgan fingerprint density at radius 1 is 1.20 bits per heavy atom. The molecule has 0 bridgehead atoms. The lowest BCUT2D eigenvalue weighted by Gasteiger charge is -2.11. The second-order valence-corrected chi connectivity index (χ2v) is 8.03. The van der Waals surface area contributed by atoms with E-state index in [1.165, 1.54) is 35.0 Å². The van der Waals surface area contributed by atoms with Crippen LogP contribution in [0.4, 0.5) is 0 Å². The SMILES string of the molecule is CCCNC(=O)CNC(=O)CSc1ncnc2sc3c(c12)CCCC3. The number of carbonyl (C=O) groups excluding carboxylic acids is 2. The Kier molecular flexibility index (Phi) is 6.25. The molecule has 0 aromatic carbocycles.